The summed E-state index contributed by atoms with van der Waals surface area (Å²) < 4.78 is 2.34. The van der Waals surface area contributed by atoms with Gasteiger partial charge in [0.15, 0.2) is 0 Å². The van der Waals surface area contributed by atoms with Crippen molar-refractivity contribution < 1.29 is 18.6 Å². The monoisotopic (exact) mass is 451 g/mol. The summed E-state index contributed by atoms with van der Waals surface area (Å²) in [4.78, 5) is 23.1. The second kappa shape index (κ2) is 10.2. The van der Waals surface area contributed by atoms with Crippen molar-refractivity contribution in [2.24, 2.45) is 0 Å². The molecule has 2 fully saturated rings. The quantitative estimate of drug-likeness (QED) is 0.469. The van der Waals surface area contributed by atoms with Gasteiger partial charge in [-0.3, -0.25) is 15.0 Å². The molecule has 0 atom stereocenters. The minimum Gasteiger partial charge on any atom is -0.434 e. The number of aromatic nitrogens is 6. The molecule has 8 nitrogen and oxygen atoms in total. The summed E-state index contributed by atoms with van der Waals surface area (Å²) in [6, 6.07) is 5.41. The van der Waals surface area contributed by atoms with Gasteiger partial charge in [0.2, 0.25) is 5.95 Å². The Balaban J connectivity index is 0.000000156. The SMILES string of the molecule is [V+2].[c-]1cnc(N2CCNCC2)nc1.[c-]1ncc2c3ccncc3n(C3CCCC3)c2n1. The molecule has 0 amide bonds. The van der Waals surface area contributed by atoms with Gasteiger partial charge in [-0.1, -0.05) is 24.4 Å². The summed E-state index contributed by atoms with van der Waals surface area (Å²) in [6.45, 7) is 4.01. The van der Waals surface area contributed by atoms with Crippen molar-refractivity contribution >= 4 is 27.9 Å². The first-order chi connectivity index (χ1) is 14.9. The number of pyridine rings is 1. The maximum absolute atomic E-state index is 4.36. The van der Waals surface area contributed by atoms with E-state index in [1.54, 1.807) is 12.4 Å². The van der Waals surface area contributed by atoms with E-state index in [-0.39, 0.29) is 18.6 Å². The van der Waals surface area contributed by atoms with Crippen molar-refractivity contribution in [1.82, 2.24) is 34.8 Å². The molecule has 0 bridgehead atoms. The number of hydrogen-bond donors (Lipinski definition) is 1. The predicted octanol–water partition coefficient (Wildman–Crippen LogP) is 2.58. The Labute approximate surface area is 193 Å². The standard InChI is InChI=1S/C14H13N4.C8H11N4.V/c1-2-4-10(3-1)18-13-8-15-6-5-11(13)12-7-16-9-17-14(12)18;1-2-10-8(11-3-1)12-6-4-9-5-7-12;/h5-8,10H,1-4H2;2-3,9H,4-7H2;/q2*-1;+2. The van der Waals surface area contributed by atoms with Crippen LogP contribution in [0.1, 0.15) is 31.7 Å². The van der Waals surface area contributed by atoms with Crippen LogP contribution in [0.25, 0.3) is 21.9 Å². The van der Waals surface area contributed by atoms with Gasteiger partial charge < -0.3 is 30.8 Å². The summed E-state index contributed by atoms with van der Waals surface area (Å²) in [6.07, 6.45) is 16.7. The Kier molecular flexibility index (Phi) is 7.12. The van der Waals surface area contributed by atoms with Gasteiger partial charge >= 0.3 is 18.6 Å². The van der Waals surface area contributed by atoms with E-state index in [0.717, 1.165) is 43.2 Å². The third kappa shape index (κ3) is 4.56. The maximum atomic E-state index is 4.36. The topological polar surface area (TPSA) is 84.7 Å². The molecule has 1 aliphatic carbocycles. The van der Waals surface area contributed by atoms with Crippen molar-refractivity contribution in [1.29, 1.82) is 0 Å². The zero-order valence-electron chi connectivity index (χ0n) is 17.3. The van der Waals surface area contributed by atoms with E-state index in [0.29, 0.717) is 6.04 Å². The molecule has 9 heteroatoms. The summed E-state index contributed by atoms with van der Waals surface area (Å²) in [7, 11) is 0. The van der Waals surface area contributed by atoms with Crippen molar-refractivity contribution in [3.8, 4) is 0 Å². The summed E-state index contributed by atoms with van der Waals surface area (Å²) in [5.41, 5.74) is 2.17. The molecule has 1 saturated carbocycles. The molecule has 5 heterocycles. The van der Waals surface area contributed by atoms with Crippen LogP contribution >= 0.6 is 0 Å². The Morgan fingerprint density at radius 2 is 1.77 bits per heavy atom. The van der Waals surface area contributed by atoms with E-state index in [2.05, 4.69) is 52.1 Å². The van der Waals surface area contributed by atoms with E-state index in [1.165, 1.54) is 36.6 Å². The molecule has 1 aliphatic heterocycles. The molecule has 157 valence electrons. The van der Waals surface area contributed by atoms with Crippen LogP contribution in [-0.4, -0.2) is 55.7 Å². The van der Waals surface area contributed by atoms with Gasteiger partial charge in [0.1, 0.15) is 0 Å². The molecular weight excluding hydrogens is 427 g/mol. The van der Waals surface area contributed by atoms with Gasteiger partial charge in [-0.05, 0) is 24.3 Å². The Hall–Kier alpha value is -2.55. The molecule has 1 radical (unpaired) electrons. The van der Waals surface area contributed by atoms with Crippen LogP contribution in [0.15, 0.2) is 37.1 Å². The molecule has 4 aromatic heterocycles. The Morgan fingerprint density at radius 1 is 1.00 bits per heavy atom. The van der Waals surface area contributed by atoms with Crippen LogP contribution in [0, 0.1) is 12.4 Å². The normalized spacial score (nSPS) is 16.7. The molecule has 0 spiro atoms. The second-order valence-corrected chi connectivity index (χ2v) is 7.63. The Morgan fingerprint density at radius 3 is 2.55 bits per heavy atom. The number of rotatable bonds is 2. The van der Waals surface area contributed by atoms with Gasteiger partial charge in [-0.15, -0.1) is 12.4 Å². The van der Waals surface area contributed by atoms with Crippen molar-refractivity contribution in [2.45, 2.75) is 31.7 Å². The van der Waals surface area contributed by atoms with E-state index in [4.69, 9.17) is 0 Å². The van der Waals surface area contributed by atoms with Crippen LogP contribution < -0.4 is 10.2 Å². The zero-order valence-corrected chi connectivity index (χ0v) is 18.7. The van der Waals surface area contributed by atoms with Crippen LogP contribution in [0.3, 0.4) is 0 Å². The molecule has 0 aromatic carbocycles. The van der Waals surface area contributed by atoms with Gasteiger partial charge in [-0.25, -0.2) is 0 Å². The number of anilines is 1. The smallest absolute Gasteiger partial charge is 0.434 e. The number of fused-ring (bicyclic) bond motifs is 3. The van der Waals surface area contributed by atoms with Gasteiger partial charge in [0.05, 0.1) is 11.7 Å². The van der Waals surface area contributed by atoms with Gasteiger partial charge in [0.25, 0.3) is 0 Å². The molecule has 6 rings (SSSR count). The zero-order chi connectivity index (χ0) is 20.2. The average Bonchev–Trinajstić information content (AvgIpc) is 3.47. The van der Waals surface area contributed by atoms with E-state index in [9.17, 15) is 0 Å². The minimum atomic E-state index is 0. The minimum absolute atomic E-state index is 0. The van der Waals surface area contributed by atoms with Crippen molar-refractivity contribution in [3.63, 3.8) is 0 Å². The fraction of sp³-hybridized carbons (Fsp3) is 0.409. The molecular formula is C22H24N8V. The largest absolute Gasteiger partial charge is 2.00 e. The van der Waals surface area contributed by atoms with E-state index >= 15 is 0 Å². The van der Waals surface area contributed by atoms with Crippen LogP contribution in [0.5, 0.6) is 0 Å². The predicted molar refractivity (Wildman–Crippen MR) is 115 cm³/mol. The number of nitrogens with zero attached hydrogens (tertiary/aromatic N) is 7. The molecule has 0 unspecified atom stereocenters. The molecule has 1 saturated heterocycles. The van der Waals surface area contributed by atoms with Gasteiger partial charge in [0, 0.05) is 50.4 Å². The second-order valence-electron chi connectivity index (χ2n) is 7.63. The van der Waals surface area contributed by atoms with E-state index in [1.807, 2.05) is 24.7 Å². The first-order valence-corrected chi connectivity index (χ1v) is 10.5. The Bertz CT molecular complexity index is 1050. The number of hydrogen-bond acceptors (Lipinski definition) is 7. The third-order valence-corrected chi connectivity index (χ3v) is 5.82. The summed E-state index contributed by atoms with van der Waals surface area (Å²) in [5.74, 6) is 0.815. The number of piperazine rings is 1. The van der Waals surface area contributed by atoms with Crippen LogP contribution in [0.4, 0.5) is 5.95 Å². The van der Waals surface area contributed by atoms with Crippen LogP contribution in [-0.2, 0) is 18.6 Å². The van der Waals surface area contributed by atoms with E-state index < -0.39 is 0 Å². The maximum Gasteiger partial charge on any atom is 2.00 e. The fourth-order valence-electron chi connectivity index (χ4n) is 4.40. The number of nitrogens with one attached hydrogen (secondary N) is 1. The first kappa shape index (κ1) is 21.7. The third-order valence-electron chi connectivity index (χ3n) is 5.82. The molecule has 1 N–H and O–H groups in total. The first-order valence-electron chi connectivity index (χ1n) is 10.5. The molecule has 2 aliphatic rings. The average molecular weight is 451 g/mol. The van der Waals surface area contributed by atoms with Crippen LogP contribution in [0.2, 0.25) is 0 Å². The van der Waals surface area contributed by atoms with Gasteiger partial charge in [-0.2, -0.15) is 0 Å². The van der Waals surface area contributed by atoms with Crippen molar-refractivity contribution in [3.05, 3.63) is 49.4 Å². The summed E-state index contributed by atoms with van der Waals surface area (Å²) >= 11 is 0. The molecule has 31 heavy (non-hydrogen) atoms. The molecule has 4 aromatic rings. The van der Waals surface area contributed by atoms with Crippen molar-refractivity contribution in [2.75, 3.05) is 31.1 Å². The fourth-order valence-corrected chi connectivity index (χ4v) is 4.40. The summed E-state index contributed by atoms with van der Waals surface area (Å²) in [5, 5.41) is 5.58.